The smallest absolute Gasteiger partial charge is 0.119 e. The maximum Gasteiger partial charge on any atom is 0.119 e. The first kappa shape index (κ1) is 17.7. The standard InChI is InChI=1S/C15H25NO3/c1-2-3-11-15(18)12-6-4-5-9-14(16-19)10-7-8-13-17/h2,4,6,13-15,18H,1,3,5,7-12H2/b6-4+. The van der Waals surface area contributed by atoms with Crippen LogP contribution in [-0.4, -0.2) is 23.5 Å². The summed E-state index contributed by atoms with van der Waals surface area (Å²) in [5.41, 5.74) is 0. The summed E-state index contributed by atoms with van der Waals surface area (Å²) in [5.74, 6) is 0. The number of allylic oxidation sites excluding steroid dienone is 2. The SMILES string of the molecule is C=CCCC(O)C/C=C/CCC(CCCC=O)N=O. The molecular formula is C15H25NO3. The van der Waals surface area contributed by atoms with Crippen molar-refractivity contribution in [3.63, 3.8) is 0 Å². The number of aliphatic hydroxyl groups is 1. The molecule has 0 rings (SSSR count). The monoisotopic (exact) mass is 267 g/mol. The van der Waals surface area contributed by atoms with Gasteiger partial charge in [-0.1, -0.05) is 23.4 Å². The number of carbonyl (C=O) groups is 1. The van der Waals surface area contributed by atoms with Crippen LogP contribution in [0.25, 0.3) is 0 Å². The normalized spacial score (nSPS) is 14.2. The van der Waals surface area contributed by atoms with Crippen molar-refractivity contribution in [2.45, 2.75) is 63.5 Å². The van der Waals surface area contributed by atoms with Gasteiger partial charge in [0.25, 0.3) is 0 Å². The van der Waals surface area contributed by atoms with Crippen LogP contribution in [0.3, 0.4) is 0 Å². The molecule has 4 heteroatoms. The third-order valence-electron chi connectivity index (χ3n) is 2.95. The average Bonchev–Trinajstić information content (AvgIpc) is 2.42. The first-order valence-electron chi connectivity index (χ1n) is 6.94. The molecule has 0 aliphatic rings. The second kappa shape index (κ2) is 13.1. The molecule has 0 saturated heterocycles. The Morgan fingerprint density at radius 3 is 2.53 bits per heavy atom. The molecule has 0 spiro atoms. The van der Waals surface area contributed by atoms with Crippen molar-refractivity contribution in [3.8, 4) is 0 Å². The van der Waals surface area contributed by atoms with Crippen LogP contribution >= 0.6 is 0 Å². The topological polar surface area (TPSA) is 66.7 Å². The predicted molar refractivity (Wildman–Crippen MR) is 77.9 cm³/mol. The van der Waals surface area contributed by atoms with Crippen molar-refractivity contribution in [2.24, 2.45) is 5.18 Å². The van der Waals surface area contributed by atoms with E-state index in [1.807, 2.05) is 12.2 Å². The summed E-state index contributed by atoms with van der Waals surface area (Å²) in [6.45, 7) is 3.61. The molecule has 2 unspecified atom stereocenters. The van der Waals surface area contributed by atoms with E-state index in [4.69, 9.17) is 0 Å². The van der Waals surface area contributed by atoms with Crippen molar-refractivity contribution in [1.82, 2.24) is 0 Å². The fourth-order valence-corrected chi connectivity index (χ4v) is 1.77. The molecule has 2 atom stereocenters. The van der Waals surface area contributed by atoms with E-state index < -0.39 is 0 Å². The lowest BCUT2D eigenvalue weighted by atomic mass is 10.0. The number of aliphatic hydroxyl groups excluding tert-OH is 1. The third-order valence-corrected chi connectivity index (χ3v) is 2.95. The largest absolute Gasteiger partial charge is 0.393 e. The number of hydrogen-bond donors (Lipinski definition) is 1. The fourth-order valence-electron chi connectivity index (χ4n) is 1.77. The maximum atomic E-state index is 10.6. The van der Waals surface area contributed by atoms with Crippen LogP contribution in [0, 0.1) is 4.91 Å². The van der Waals surface area contributed by atoms with Crippen molar-refractivity contribution < 1.29 is 9.90 Å². The molecule has 0 fully saturated rings. The highest BCUT2D eigenvalue weighted by Gasteiger charge is 2.06. The Bertz CT molecular complexity index is 277. The number of unbranched alkanes of at least 4 members (excludes halogenated alkanes) is 1. The summed E-state index contributed by atoms with van der Waals surface area (Å²) >= 11 is 0. The Morgan fingerprint density at radius 2 is 1.89 bits per heavy atom. The van der Waals surface area contributed by atoms with Crippen LogP contribution < -0.4 is 0 Å². The minimum absolute atomic E-state index is 0.199. The summed E-state index contributed by atoms with van der Waals surface area (Å²) in [5, 5.41) is 12.7. The van der Waals surface area contributed by atoms with E-state index in [2.05, 4.69) is 11.8 Å². The van der Waals surface area contributed by atoms with Crippen LogP contribution in [-0.2, 0) is 4.79 Å². The van der Waals surface area contributed by atoms with E-state index in [1.165, 1.54) is 0 Å². The van der Waals surface area contributed by atoms with Gasteiger partial charge in [-0.3, -0.25) is 0 Å². The van der Waals surface area contributed by atoms with Gasteiger partial charge < -0.3 is 9.90 Å². The number of nitrogens with zero attached hydrogens (tertiary/aromatic N) is 1. The molecule has 0 aliphatic carbocycles. The highest BCUT2D eigenvalue weighted by atomic mass is 16.3. The van der Waals surface area contributed by atoms with E-state index in [0.717, 1.165) is 32.0 Å². The summed E-state index contributed by atoms with van der Waals surface area (Å²) in [6.07, 6.45) is 11.9. The average molecular weight is 267 g/mol. The van der Waals surface area contributed by atoms with Crippen molar-refractivity contribution in [1.29, 1.82) is 0 Å². The maximum absolute atomic E-state index is 10.6. The van der Waals surface area contributed by atoms with Gasteiger partial charge in [0, 0.05) is 6.42 Å². The molecule has 0 bridgehead atoms. The number of nitroso groups, excluding NO2 is 1. The molecule has 0 aromatic carbocycles. The lowest BCUT2D eigenvalue weighted by Gasteiger charge is -2.06. The Hall–Kier alpha value is -1.29. The predicted octanol–water partition coefficient (Wildman–Crippen LogP) is 3.54. The lowest BCUT2D eigenvalue weighted by molar-refractivity contribution is -0.107. The number of aldehydes is 1. The highest BCUT2D eigenvalue weighted by molar-refractivity contribution is 5.48. The van der Waals surface area contributed by atoms with Crippen LogP contribution in [0.1, 0.15) is 51.4 Å². The van der Waals surface area contributed by atoms with Gasteiger partial charge in [0.05, 0.1) is 12.1 Å². The van der Waals surface area contributed by atoms with Crippen molar-refractivity contribution in [3.05, 3.63) is 29.7 Å². The first-order valence-corrected chi connectivity index (χ1v) is 6.94. The molecular weight excluding hydrogens is 242 g/mol. The minimum atomic E-state index is -0.318. The number of rotatable bonds is 13. The summed E-state index contributed by atoms with van der Waals surface area (Å²) in [6, 6.07) is -0.199. The first-order chi connectivity index (χ1) is 9.24. The highest BCUT2D eigenvalue weighted by Crippen LogP contribution is 2.11. The molecule has 0 radical (unpaired) electrons. The van der Waals surface area contributed by atoms with Crippen LogP contribution in [0.5, 0.6) is 0 Å². The molecule has 0 aromatic rings. The van der Waals surface area contributed by atoms with Crippen LogP contribution in [0.15, 0.2) is 30.0 Å². The van der Waals surface area contributed by atoms with Gasteiger partial charge in [0.15, 0.2) is 0 Å². The second-order valence-electron chi connectivity index (χ2n) is 4.66. The zero-order valence-corrected chi connectivity index (χ0v) is 11.5. The molecule has 1 N–H and O–H groups in total. The van der Waals surface area contributed by atoms with Gasteiger partial charge in [-0.15, -0.1) is 6.58 Å². The molecule has 108 valence electrons. The van der Waals surface area contributed by atoms with E-state index >= 15 is 0 Å². The third kappa shape index (κ3) is 11.5. The number of carbonyl (C=O) groups excluding carboxylic acids is 1. The van der Waals surface area contributed by atoms with Crippen molar-refractivity contribution >= 4 is 6.29 Å². The zero-order chi connectivity index (χ0) is 14.3. The van der Waals surface area contributed by atoms with Gasteiger partial charge in [-0.2, -0.15) is 4.91 Å². The quantitative estimate of drug-likeness (QED) is 0.240. The molecule has 0 amide bonds. The van der Waals surface area contributed by atoms with Crippen LogP contribution in [0.2, 0.25) is 0 Å². The van der Waals surface area contributed by atoms with E-state index in [-0.39, 0.29) is 12.1 Å². The second-order valence-corrected chi connectivity index (χ2v) is 4.66. The van der Waals surface area contributed by atoms with E-state index in [1.54, 1.807) is 6.08 Å². The summed E-state index contributed by atoms with van der Waals surface area (Å²) in [4.78, 5) is 20.7. The molecule has 0 aliphatic heterocycles. The van der Waals surface area contributed by atoms with Gasteiger partial charge in [0.2, 0.25) is 0 Å². The fraction of sp³-hybridized carbons (Fsp3) is 0.667. The Morgan fingerprint density at radius 1 is 1.11 bits per heavy atom. The van der Waals surface area contributed by atoms with E-state index in [0.29, 0.717) is 25.7 Å². The van der Waals surface area contributed by atoms with Crippen molar-refractivity contribution in [2.75, 3.05) is 0 Å². The van der Waals surface area contributed by atoms with Gasteiger partial charge in [-0.25, -0.2) is 0 Å². The molecule has 4 nitrogen and oxygen atoms in total. The van der Waals surface area contributed by atoms with E-state index in [9.17, 15) is 14.8 Å². The molecule has 0 aromatic heterocycles. The zero-order valence-electron chi connectivity index (χ0n) is 11.5. The number of hydrogen-bond acceptors (Lipinski definition) is 4. The van der Waals surface area contributed by atoms with Gasteiger partial charge >= 0.3 is 0 Å². The Labute approximate surface area is 115 Å². The molecule has 19 heavy (non-hydrogen) atoms. The molecule has 0 heterocycles. The lowest BCUT2D eigenvalue weighted by Crippen LogP contribution is -2.04. The van der Waals surface area contributed by atoms with Crippen LogP contribution in [0.4, 0.5) is 0 Å². The summed E-state index contributed by atoms with van der Waals surface area (Å²) < 4.78 is 0. The Balaban J connectivity index is 3.65. The summed E-state index contributed by atoms with van der Waals surface area (Å²) in [7, 11) is 0. The van der Waals surface area contributed by atoms with Gasteiger partial charge in [-0.05, 0) is 44.9 Å². The molecule has 0 saturated carbocycles. The van der Waals surface area contributed by atoms with Gasteiger partial charge in [0.1, 0.15) is 6.29 Å². The Kier molecular flexibility index (Phi) is 12.3. The minimum Gasteiger partial charge on any atom is -0.393 e.